The van der Waals surface area contributed by atoms with Gasteiger partial charge in [0.05, 0.1) is 7.11 Å². The van der Waals surface area contributed by atoms with Gasteiger partial charge in [0.2, 0.25) is 5.91 Å². The van der Waals surface area contributed by atoms with Crippen LogP contribution >= 0.6 is 0 Å². The number of carbonyl (C=O) groups is 2. The average molecular weight is 322 g/mol. The smallest absolute Gasteiger partial charge is 0.320 e. The summed E-state index contributed by atoms with van der Waals surface area (Å²) in [7, 11) is 1.64. The van der Waals surface area contributed by atoms with Gasteiger partial charge in [-0.2, -0.15) is 0 Å². The maximum atomic E-state index is 11.2. The Morgan fingerprint density at radius 1 is 1.35 bits per heavy atom. The quantitative estimate of drug-likeness (QED) is 0.683. The van der Waals surface area contributed by atoms with Crippen molar-refractivity contribution < 1.29 is 19.4 Å². The molecule has 1 rings (SSSR count). The van der Waals surface area contributed by atoms with E-state index in [0.29, 0.717) is 19.6 Å². The number of nitrogens with one attached hydrogen (secondary N) is 1. The van der Waals surface area contributed by atoms with Gasteiger partial charge in [-0.1, -0.05) is 12.1 Å². The van der Waals surface area contributed by atoms with Crippen LogP contribution in [0.2, 0.25) is 0 Å². The maximum absolute atomic E-state index is 11.2. The van der Waals surface area contributed by atoms with E-state index in [2.05, 4.69) is 5.32 Å². The van der Waals surface area contributed by atoms with Gasteiger partial charge in [-0.05, 0) is 44.0 Å². The molecular weight excluding hydrogens is 296 g/mol. The second kappa shape index (κ2) is 9.84. The summed E-state index contributed by atoms with van der Waals surface area (Å²) in [5.41, 5.74) is 1.16. The van der Waals surface area contributed by atoms with Gasteiger partial charge in [-0.25, -0.2) is 0 Å². The molecule has 0 aromatic heterocycles. The predicted molar refractivity (Wildman–Crippen MR) is 88.7 cm³/mol. The van der Waals surface area contributed by atoms with E-state index < -0.39 is 12.0 Å². The van der Waals surface area contributed by atoms with Crippen molar-refractivity contribution in [3.05, 3.63) is 29.8 Å². The first-order chi connectivity index (χ1) is 10.9. The molecular formula is C17H26N2O4. The molecule has 128 valence electrons. The highest BCUT2D eigenvalue weighted by Crippen LogP contribution is 2.14. The highest BCUT2D eigenvalue weighted by Gasteiger charge is 2.19. The minimum atomic E-state index is -0.853. The first-order valence-electron chi connectivity index (χ1n) is 7.78. The van der Waals surface area contributed by atoms with E-state index in [4.69, 9.17) is 4.74 Å². The summed E-state index contributed by atoms with van der Waals surface area (Å²) < 4.78 is 5.20. The number of hydrogen-bond donors (Lipinski definition) is 2. The van der Waals surface area contributed by atoms with Gasteiger partial charge in [-0.15, -0.1) is 0 Å². The Kier molecular flexibility index (Phi) is 8.11. The summed E-state index contributed by atoms with van der Waals surface area (Å²) in [5, 5.41) is 11.9. The fraction of sp³-hybridized carbons (Fsp3) is 0.529. The molecule has 0 bridgehead atoms. The molecule has 0 saturated heterocycles. The molecule has 0 heterocycles. The number of ether oxygens (including phenoxy) is 1. The van der Waals surface area contributed by atoms with Gasteiger partial charge in [0.25, 0.3) is 0 Å². The number of aryl methyl sites for hydroxylation is 1. The molecule has 1 aromatic carbocycles. The summed E-state index contributed by atoms with van der Waals surface area (Å²) in [6, 6.07) is 7.29. The molecule has 1 atom stereocenters. The molecule has 6 nitrogen and oxygen atoms in total. The van der Waals surface area contributed by atoms with Crippen LogP contribution in [0.1, 0.15) is 25.8 Å². The van der Waals surface area contributed by atoms with Crippen LogP contribution in [-0.4, -0.2) is 54.7 Å². The molecule has 6 heteroatoms. The SMILES string of the molecule is COc1cccc(CCCN(CCNC(C)=O)C(C)C(=O)O)c1. The molecule has 0 radical (unpaired) electrons. The lowest BCUT2D eigenvalue weighted by atomic mass is 10.1. The van der Waals surface area contributed by atoms with Crippen LogP contribution < -0.4 is 10.1 Å². The van der Waals surface area contributed by atoms with Crippen LogP contribution in [0.15, 0.2) is 24.3 Å². The van der Waals surface area contributed by atoms with Gasteiger partial charge in [0, 0.05) is 20.0 Å². The number of carbonyl (C=O) groups excluding carboxylic acids is 1. The van der Waals surface area contributed by atoms with Crippen molar-refractivity contribution in [2.24, 2.45) is 0 Å². The fourth-order valence-electron chi connectivity index (χ4n) is 2.35. The molecule has 1 amide bonds. The van der Waals surface area contributed by atoms with Gasteiger partial charge < -0.3 is 15.2 Å². The van der Waals surface area contributed by atoms with Gasteiger partial charge in [0.1, 0.15) is 11.8 Å². The number of benzene rings is 1. The van der Waals surface area contributed by atoms with Gasteiger partial charge >= 0.3 is 5.97 Å². The molecule has 0 saturated carbocycles. The largest absolute Gasteiger partial charge is 0.497 e. The molecule has 0 fully saturated rings. The highest BCUT2D eigenvalue weighted by molar-refractivity contribution is 5.73. The molecule has 2 N–H and O–H groups in total. The number of nitrogens with zero attached hydrogens (tertiary/aromatic N) is 1. The van der Waals surface area contributed by atoms with Crippen LogP contribution in [0.5, 0.6) is 5.75 Å². The first kappa shape index (κ1) is 19.0. The molecule has 1 aromatic rings. The van der Waals surface area contributed by atoms with E-state index in [1.54, 1.807) is 14.0 Å². The third kappa shape index (κ3) is 7.15. The lowest BCUT2D eigenvalue weighted by molar-refractivity contribution is -0.142. The number of aliphatic carboxylic acids is 1. The van der Waals surface area contributed by atoms with Crippen LogP contribution in [0.4, 0.5) is 0 Å². The summed E-state index contributed by atoms with van der Waals surface area (Å²) in [6.45, 7) is 4.75. The van der Waals surface area contributed by atoms with Crippen LogP contribution in [0.3, 0.4) is 0 Å². The number of carboxylic acids is 1. The molecule has 0 aliphatic heterocycles. The van der Waals surface area contributed by atoms with Crippen LogP contribution in [0, 0.1) is 0 Å². The molecule has 0 aliphatic carbocycles. The van der Waals surface area contributed by atoms with E-state index in [-0.39, 0.29) is 5.91 Å². The van der Waals surface area contributed by atoms with Crippen molar-refractivity contribution >= 4 is 11.9 Å². The van der Waals surface area contributed by atoms with Gasteiger partial charge in [0.15, 0.2) is 0 Å². The Bertz CT molecular complexity index is 519. The fourth-order valence-corrected chi connectivity index (χ4v) is 2.35. The second-order valence-corrected chi connectivity index (χ2v) is 5.49. The number of methoxy groups -OCH3 is 1. The lowest BCUT2D eigenvalue weighted by Crippen LogP contribution is -2.43. The van der Waals surface area contributed by atoms with Crippen molar-refractivity contribution in [1.82, 2.24) is 10.2 Å². The zero-order chi connectivity index (χ0) is 17.2. The molecule has 0 spiro atoms. The van der Waals surface area contributed by atoms with Crippen molar-refractivity contribution in [3.63, 3.8) is 0 Å². The summed E-state index contributed by atoms with van der Waals surface area (Å²) in [4.78, 5) is 24.0. The average Bonchev–Trinajstić information content (AvgIpc) is 2.52. The minimum absolute atomic E-state index is 0.107. The summed E-state index contributed by atoms with van der Waals surface area (Å²) in [5.74, 6) is -0.137. The maximum Gasteiger partial charge on any atom is 0.320 e. The molecule has 0 aliphatic rings. The van der Waals surface area contributed by atoms with Gasteiger partial charge in [-0.3, -0.25) is 14.5 Å². The monoisotopic (exact) mass is 322 g/mol. The van der Waals surface area contributed by atoms with Crippen molar-refractivity contribution in [3.8, 4) is 5.75 Å². The molecule has 23 heavy (non-hydrogen) atoms. The number of amides is 1. The zero-order valence-electron chi connectivity index (χ0n) is 14.0. The highest BCUT2D eigenvalue weighted by atomic mass is 16.5. The number of carboxylic acid groups (broad SMARTS) is 1. The Balaban J connectivity index is 2.51. The Hall–Kier alpha value is -2.08. The van der Waals surface area contributed by atoms with Crippen LogP contribution in [0.25, 0.3) is 0 Å². The number of rotatable bonds is 10. The zero-order valence-corrected chi connectivity index (χ0v) is 14.0. The Morgan fingerprint density at radius 2 is 2.09 bits per heavy atom. The Morgan fingerprint density at radius 3 is 2.70 bits per heavy atom. The van der Waals surface area contributed by atoms with E-state index in [1.807, 2.05) is 29.2 Å². The predicted octanol–water partition coefficient (Wildman–Crippen LogP) is 1.54. The standard InChI is InChI=1S/C17H26N2O4/c1-13(17(21)22)19(11-9-18-14(2)20)10-5-7-15-6-4-8-16(12-15)23-3/h4,6,8,12-13H,5,7,9-11H2,1-3H3,(H,18,20)(H,21,22). The van der Waals surface area contributed by atoms with Crippen LogP contribution in [-0.2, 0) is 16.0 Å². The van der Waals surface area contributed by atoms with Crippen molar-refractivity contribution in [2.75, 3.05) is 26.7 Å². The van der Waals surface area contributed by atoms with Crippen molar-refractivity contribution in [2.45, 2.75) is 32.7 Å². The van der Waals surface area contributed by atoms with E-state index in [1.165, 1.54) is 6.92 Å². The number of hydrogen-bond acceptors (Lipinski definition) is 4. The third-order valence-electron chi connectivity index (χ3n) is 3.72. The topological polar surface area (TPSA) is 78.9 Å². The summed E-state index contributed by atoms with van der Waals surface area (Å²) >= 11 is 0. The molecule has 1 unspecified atom stereocenters. The van der Waals surface area contributed by atoms with E-state index >= 15 is 0 Å². The normalized spacial score (nSPS) is 12.0. The summed E-state index contributed by atoms with van der Waals surface area (Å²) in [6.07, 6.45) is 1.69. The third-order valence-corrected chi connectivity index (χ3v) is 3.72. The van der Waals surface area contributed by atoms with E-state index in [0.717, 1.165) is 24.2 Å². The minimum Gasteiger partial charge on any atom is -0.497 e. The van der Waals surface area contributed by atoms with E-state index in [9.17, 15) is 14.7 Å². The second-order valence-electron chi connectivity index (χ2n) is 5.49. The lowest BCUT2D eigenvalue weighted by Gasteiger charge is -2.26. The van der Waals surface area contributed by atoms with Crippen molar-refractivity contribution in [1.29, 1.82) is 0 Å². The Labute approximate surface area is 137 Å². The first-order valence-corrected chi connectivity index (χ1v) is 7.78.